The Labute approximate surface area is 195 Å². The molecule has 0 heterocycles. The Morgan fingerprint density at radius 3 is 2.32 bits per heavy atom. The summed E-state index contributed by atoms with van der Waals surface area (Å²) in [5, 5.41) is 3.61. The number of amides is 1. The van der Waals surface area contributed by atoms with Crippen LogP contribution in [0.1, 0.15) is 22.3 Å². The number of rotatable bonds is 7. The van der Waals surface area contributed by atoms with E-state index in [1.165, 1.54) is 30.3 Å². The molecule has 3 rings (SSSR count). The van der Waals surface area contributed by atoms with Gasteiger partial charge in [-0.05, 0) is 49.2 Å². The predicted octanol–water partition coefficient (Wildman–Crippen LogP) is 4.67. The molecule has 3 aromatic carbocycles. The highest BCUT2D eigenvalue weighted by molar-refractivity contribution is 7.92. The fraction of sp³-hybridized carbons (Fsp3) is 0.167. The number of carbonyl (C=O) groups is 1. The zero-order chi connectivity index (χ0) is 24.9. The Morgan fingerprint density at radius 2 is 1.65 bits per heavy atom. The number of nitrogens with zero attached hydrogens (tertiary/aromatic N) is 2. The van der Waals surface area contributed by atoms with E-state index in [0.717, 1.165) is 22.1 Å². The second kappa shape index (κ2) is 10.1. The number of aryl methyl sites for hydroxylation is 2. The van der Waals surface area contributed by atoms with Crippen molar-refractivity contribution in [2.45, 2.75) is 24.9 Å². The van der Waals surface area contributed by atoms with Gasteiger partial charge in [-0.1, -0.05) is 48.5 Å². The Morgan fingerprint density at radius 1 is 1.00 bits per heavy atom. The molecule has 1 amide bonds. The number of hydrogen-bond donors (Lipinski definition) is 1. The Kier molecular flexibility index (Phi) is 7.41. The molecule has 0 aliphatic rings. The van der Waals surface area contributed by atoms with Crippen molar-refractivity contribution in [3.8, 4) is 0 Å². The van der Waals surface area contributed by atoms with Crippen LogP contribution in [0.25, 0.3) is 0 Å². The van der Waals surface area contributed by atoms with Crippen LogP contribution < -0.4 is 9.73 Å². The molecule has 0 unspecified atom stereocenters. The van der Waals surface area contributed by atoms with Crippen molar-refractivity contribution in [3.05, 3.63) is 95.1 Å². The van der Waals surface area contributed by atoms with Gasteiger partial charge in [0.25, 0.3) is 15.9 Å². The van der Waals surface area contributed by atoms with Crippen LogP contribution in [0.5, 0.6) is 0 Å². The van der Waals surface area contributed by atoms with Gasteiger partial charge in [0.1, 0.15) is 6.54 Å². The second-order valence-corrected chi connectivity index (χ2v) is 9.36. The topological polar surface area (TPSA) is 78.8 Å². The van der Waals surface area contributed by atoms with E-state index in [-0.39, 0.29) is 10.5 Å². The van der Waals surface area contributed by atoms with E-state index in [4.69, 9.17) is 0 Å². The molecule has 0 saturated carbocycles. The minimum absolute atomic E-state index is 0.00804. The number of anilines is 1. The molecule has 6 nitrogen and oxygen atoms in total. The van der Waals surface area contributed by atoms with Crippen LogP contribution in [0.4, 0.5) is 18.9 Å². The van der Waals surface area contributed by atoms with Gasteiger partial charge >= 0.3 is 6.18 Å². The molecule has 34 heavy (non-hydrogen) atoms. The molecule has 0 saturated heterocycles. The SMILES string of the molecule is Cc1ccc(C)c(N(CC(=O)N/N=C\c2ccccc2C(F)(F)F)S(=O)(=O)c2ccccc2)c1. The van der Waals surface area contributed by atoms with Gasteiger partial charge in [-0.25, -0.2) is 13.8 Å². The molecular weight excluding hydrogens is 467 g/mol. The molecule has 0 aliphatic carbocycles. The zero-order valence-electron chi connectivity index (χ0n) is 18.4. The highest BCUT2D eigenvalue weighted by atomic mass is 32.2. The summed E-state index contributed by atoms with van der Waals surface area (Å²) >= 11 is 0. The predicted molar refractivity (Wildman–Crippen MR) is 124 cm³/mol. The molecule has 1 N–H and O–H groups in total. The summed E-state index contributed by atoms with van der Waals surface area (Å²) in [5.74, 6) is -0.818. The molecular formula is C24H22F3N3O3S. The third-order valence-corrected chi connectivity index (χ3v) is 6.68. The Balaban J connectivity index is 1.89. The minimum Gasteiger partial charge on any atom is -0.271 e. The molecule has 3 aromatic rings. The van der Waals surface area contributed by atoms with E-state index in [0.29, 0.717) is 11.3 Å². The van der Waals surface area contributed by atoms with Gasteiger partial charge in [0.15, 0.2) is 0 Å². The third kappa shape index (κ3) is 5.82. The molecule has 0 spiro atoms. The number of nitrogens with one attached hydrogen (secondary N) is 1. The average molecular weight is 490 g/mol. The maximum atomic E-state index is 13.4. The summed E-state index contributed by atoms with van der Waals surface area (Å²) in [6.45, 7) is 2.88. The number of benzene rings is 3. The van der Waals surface area contributed by atoms with E-state index in [1.54, 1.807) is 44.2 Å². The average Bonchev–Trinajstić information content (AvgIpc) is 2.79. The second-order valence-electron chi connectivity index (χ2n) is 7.49. The molecule has 0 aliphatic heterocycles. The van der Waals surface area contributed by atoms with Gasteiger partial charge in [-0.15, -0.1) is 0 Å². The summed E-state index contributed by atoms with van der Waals surface area (Å²) in [5.41, 5.74) is 2.71. The maximum absolute atomic E-state index is 13.4. The van der Waals surface area contributed by atoms with Gasteiger partial charge < -0.3 is 0 Å². The summed E-state index contributed by atoms with van der Waals surface area (Å²) < 4.78 is 67.1. The van der Waals surface area contributed by atoms with Crippen LogP contribution in [-0.4, -0.2) is 27.1 Å². The van der Waals surface area contributed by atoms with Crippen LogP contribution in [0.2, 0.25) is 0 Å². The van der Waals surface area contributed by atoms with E-state index in [9.17, 15) is 26.4 Å². The van der Waals surface area contributed by atoms with Crippen molar-refractivity contribution in [1.29, 1.82) is 0 Å². The zero-order valence-corrected chi connectivity index (χ0v) is 19.2. The number of carbonyl (C=O) groups excluding carboxylic acids is 1. The van der Waals surface area contributed by atoms with Crippen LogP contribution in [-0.2, 0) is 21.0 Å². The lowest BCUT2D eigenvalue weighted by Gasteiger charge is -2.25. The molecule has 0 atom stereocenters. The first kappa shape index (κ1) is 25.0. The van der Waals surface area contributed by atoms with Crippen LogP contribution in [0, 0.1) is 13.8 Å². The molecule has 0 fully saturated rings. The first-order chi connectivity index (χ1) is 16.0. The van der Waals surface area contributed by atoms with Crippen LogP contribution >= 0.6 is 0 Å². The number of alkyl halides is 3. The summed E-state index contributed by atoms with van der Waals surface area (Å²) in [6.07, 6.45) is -3.72. The number of hydrazone groups is 1. The highest BCUT2D eigenvalue weighted by Crippen LogP contribution is 2.31. The van der Waals surface area contributed by atoms with Gasteiger partial charge in [0, 0.05) is 5.56 Å². The molecule has 0 aromatic heterocycles. The van der Waals surface area contributed by atoms with Gasteiger partial charge in [-0.3, -0.25) is 9.10 Å². The van der Waals surface area contributed by atoms with Gasteiger partial charge in [-0.2, -0.15) is 18.3 Å². The molecule has 0 radical (unpaired) electrons. The Hall–Kier alpha value is -3.66. The molecule has 10 heteroatoms. The lowest BCUT2D eigenvalue weighted by molar-refractivity contribution is -0.137. The van der Waals surface area contributed by atoms with Crippen molar-refractivity contribution in [3.63, 3.8) is 0 Å². The molecule has 0 bridgehead atoms. The summed E-state index contributed by atoms with van der Waals surface area (Å²) in [7, 11) is -4.12. The van der Waals surface area contributed by atoms with E-state index in [2.05, 4.69) is 10.5 Å². The fourth-order valence-corrected chi connectivity index (χ4v) is 4.71. The van der Waals surface area contributed by atoms with Crippen LogP contribution in [0.15, 0.2) is 82.8 Å². The van der Waals surface area contributed by atoms with Gasteiger partial charge in [0.2, 0.25) is 0 Å². The van der Waals surface area contributed by atoms with Crippen molar-refractivity contribution < 1.29 is 26.4 Å². The summed E-state index contributed by atoms with van der Waals surface area (Å²) in [4.78, 5) is 12.6. The van der Waals surface area contributed by atoms with Crippen molar-refractivity contribution in [1.82, 2.24) is 5.43 Å². The number of halogens is 3. The van der Waals surface area contributed by atoms with Crippen LogP contribution in [0.3, 0.4) is 0 Å². The Bertz CT molecular complexity index is 1310. The third-order valence-electron chi connectivity index (χ3n) is 4.91. The normalized spacial score (nSPS) is 12.0. The lowest BCUT2D eigenvalue weighted by atomic mass is 10.1. The first-order valence-corrected chi connectivity index (χ1v) is 11.6. The summed E-state index contributed by atoms with van der Waals surface area (Å²) in [6, 6.07) is 17.6. The van der Waals surface area contributed by atoms with Crippen molar-refractivity contribution in [2.75, 3.05) is 10.8 Å². The van der Waals surface area contributed by atoms with E-state index in [1.807, 2.05) is 6.07 Å². The lowest BCUT2D eigenvalue weighted by Crippen LogP contribution is -2.40. The van der Waals surface area contributed by atoms with E-state index >= 15 is 0 Å². The fourth-order valence-electron chi connectivity index (χ4n) is 3.21. The smallest absolute Gasteiger partial charge is 0.271 e. The number of hydrogen-bond acceptors (Lipinski definition) is 4. The van der Waals surface area contributed by atoms with E-state index < -0.39 is 34.2 Å². The highest BCUT2D eigenvalue weighted by Gasteiger charge is 2.32. The number of sulfonamides is 1. The quantitative estimate of drug-likeness (QED) is 0.387. The van der Waals surface area contributed by atoms with Crippen molar-refractivity contribution >= 4 is 27.8 Å². The largest absolute Gasteiger partial charge is 0.417 e. The molecule has 178 valence electrons. The monoisotopic (exact) mass is 489 g/mol. The first-order valence-electron chi connectivity index (χ1n) is 10.1. The minimum atomic E-state index is -4.59. The maximum Gasteiger partial charge on any atom is 0.417 e. The standard InChI is InChI=1S/C24H22F3N3O3S/c1-17-12-13-18(2)22(14-17)30(34(32,33)20-9-4-3-5-10-20)16-23(31)29-28-15-19-8-6-7-11-21(19)24(25,26)27/h3-15H,16H2,1-2H3,(H,29,31)/b28-15-. The van der Waals surface area contributed by atoms with Gasteiger partial charge in [0.05, 0.1) is 22.4 Å². The van der Waals surface area contributed by atoms with Crippen molar-refractivity contribution in [2.24, 2.45) is 5.10 Å².